The molecule has 2 aliphatic carbocycles. The number of hydrogen-bond acceptors (Lipinski definition) is 2. The first kappa shape index (κ1) is 23.8. The molecule has 0 radical (unpaired) electrons. The number of aryl methyl sites for hydroxylation is 1. The van der Waals surface area contributed by atoms with Crippen LogP contribution in [0.15, 0.2) is 36.4 Å². The van der Waals surface area contributed by atoms with Crippen LogP contribution in [-0.4, -0.2) is 27.3 Å². The van der Waals surface area contributed by atoms with E-state index >= 15 is 0 Å². The summed E-state index contributed by atoms with van der Waals surface area (Å²) < 4.78 is 12.8. The van der Waals surface area contributed by atoms with Crippen molar-refractivity contribution in [1.29, 1.82) is 0 Å². The molecule has 2 saturated carbocycles. The Kier molecular flexibility index (Phi) is 6.29. The number of carbonyl (C=O) groups is 2. The van der Waals surface area contributed by atoms with Crippen LogP contribution in [0.25, 0.3) is 0 Å². The van der Waals surface area contributed by atoms with Crippen LogP contribution in [0.4, 0.5) is 10.1 Å². The third-order valence-electron chi connectivity index (χ3n) is 5.92. The molecule has 0 heterocycles. The molecule has 2 aromatic carbocycles. The van der Waals surface area contributed by atoms with Crippen molar-refractivity contribution in [2.24, 2.45) is 5.92 Å². The second-order valence-corrected chi connectivity index (χ2v) is 12.1. The molecule has 0 bridgehead atoms. The minimum atomic E-state index is -1.25. The van der Waals surface area contributed by atoms with E-state index in [4.69, 9.17) is 34.8 Å². The Morgan fingerprint density at radius 1 is 1.16 bits per heavy atom. The Morgan fingerprint density at radius 2 is 1.84 bits per heavy atom. The topological polar surface area (TPSA) is 58.2 Å². The van der Waals surface area contributed by atoms with Crippen LogP contribution in [0.3, 0.4) is 0 Å². The zero-order valence-electron chi connectivity index (χ0n) is 17.3. The molecule has 2 N–H and O–H groups in total. The third kappa shape index (κ3) is 4.79. The molecule has 3 atom stereocenters. The zero-order chi connectivity index (χ0) is 23.4. The molecule has 32 heavy (non-hydrogen) atoms. The van der Waals surface area contributed by atoms with Gasteiger partial charge >= 0.3 is 0 Å². The molecule has 2 fully saturated rings. The van der Waals surface area contributed by atoms with Crippen molar-refractivity contribution < 1.29 is 14.0 Å². The summed E-state index contributed by atoms with van der Waals surface area (Å²) in [7, 11) is 0. The smallest absolute Gasteiger partial charge is 0.253 e. The van der Waals surface area contributed by atoms with E-state index < -0.39 is 21.3 Å². The van der Waals surface area contributed by atoms with Crippen molar-refractivity contribution >= 4 is 68.2 Å². The molecule has 2 amide bonds. The number of carbonyl (C=O) groups excluding carboxylic acids is 2. The quantitative estimate of drug-likeness (QED) is 0.403. The van der Waals surface area contributed by atoms with Gasteiger partial charge in [0, 0.05) is 35.5 Å². The molecular formula is C23H21BrCl3FN2O2. The molecule has 4 nitrogen and oxygen atoms in total. The van der Waals surface area contributed by atoms with Crippen molar-refractivity contribution in [3.63, 3.8) is 0 Å². The summed E-state index contributed by atoms with van der Waals surface area (Å²) in [6.45, 7) is 3.43. The van der Waals surface area contributed by atoms with Gasteiger partial charge in [-0.1, -0.05) is 45.2 Å². The Labute approximate surface area is 209 Å². The van der Waals surface area contributed by atoms with E-state index in [0.29, 0.717) is 10.7 Å². The lowest BCUT2D eigenvalue weighted by atomic mass is 9.79. The molecule has 2 aromatic rings. The maximum absolute atomic E-state index is 13.7. The second-order valence-electron chi connectivity index (χ2n) is 8.87. The van der Waals surface area contributed by atoms with E-state index in [9.17, 15) is 14.0 Å². The Bertz CT molecular complexity index is 1080. The number of benzene rings is 2. The number of hydrogen-bond donors (Lipinski definition) is 2. The van der Waals surface area contributed by atoms with Crippen LogP contribution in [0.1, 0.15) is 47.2 Å². The molecule has 2 aliphatic rings. The summed E-state index contributed by atoms with van der Waals surface area (Å²) >= 11 is 22.4. The van der Waals surface area contributed by atoms with Gasteiger partial charge in [-0.25, -0.2) is 4.39 Å². The molecule has 0 saturated heterocycles. The lowest BCUT2D eigenvalue weighted by molar-refractivity contribution is -0.117. The summed E-state index contributed by atoms with van der Waals surface area (Å²) in [6.07, 6.45) is 0.532. The van der Waals surface area contributed by atoms with Gasteiger partial charge in [0.05, 0.1) is 16.5 Å². The molecule has 3 unspecified atom stereocenters. The Balaban J connectivity index is 1.46. The first-order valence-electron chi connectivity index (χ1n) is 10.1. The van der Waals surface area contributed by atoms with Crippen LogP contribution in [0.2, 0.25) is 10.0 Å². The van der Waals surface area contributed by atoms with Crippen LogP contribution < -0.4 is 10.6 Å². The maximum atomic E-state index is 13.7. The van der Waals surface area contributed by atoms with Gasteiger partial charge in [0.15, 0.2) is 0 Å². The minimum Gasteiger partial charge on any atom is -0.349 e. The van der Waals surface area contributed by atoms with E-state index in [2.05, 4.69) is 26.6 Å². The highest BCUT2D eigenvalue weighted by molar-refractivity contribution is 9.10. The monoisotopic (exact) mass is 560 g/mol. The first-order valence-corrected chi connectivity index (χ1v) is 12.1. The van der Waals surface area contributed by atoms with Gasteiger partial charge in [0.2, 0.25) is 5.91 Å². The fraction of sp³-hybridized carbons (Fsp3) is 0.391. The fourth-order valence-corrected chi connectivity index (χ4v) is 6.13. The number of amides is 2. The van der Waals surface area contributed by atoms with Crippen LogP contribution >= 0.6 is 50.7 Å². The van der Waals surface area contributed by atoms with Crippen LogP contribution in [0.5, 0.6) is 0 Å². The summed E-state index contributed by atoms with van der Waals surface area (Å²) in [4.78, 5) is 25.6. The van der Waals surface area contributed by atoms with Gasteiger partial charge in [-0.15, -0.1) is 11.6 Å². The average molecular weight is 563 g/mol. The van der Waals surface area contributed by atoms with Gasteiger partial charge in [-0.05, 0) is 55.3 Å². The molecule has 170 valence electrons. The highest BCUT2D eigenvalue weighted by Gasteiger charge is 2.67. The summed E-state index contributed by atoms with van der Waals surface area (Å²) in [5.41, 5.74) is 1.24. The van der Waals surface area contributed by atoms with E-state index in [0.717, 1.165) is 11.1 Å². The Hall–Kier alpha value is -1.34. The SMILES string of the molecule is Cc1cc(Cl)cc(C2C(C(=O)Nc3ccc(Cl)c(C(=O)NC4CC(C)(F)C4)c3)C2(Cl)Br)c1. The molecule has 0 aromatic heterocycles. The number of nitrogens with one attached hydrogen (secondary N) is 2. The fourth-order valence-electron chi connectivity index (χ4n) is 4.34. The lowest BCUT2D eigenvalue weighted by Gasteiger charge is -2.39. The molecule has 0 spiro atoms. The number of rotatable bonds is 5. The van der Waals surface area contributed by atoms with Crippen LogP contribution in [0, 0.1) is 12.8 Å². The van der Waals surface area contributed by atoms with Crippen molar-refractivity contribution in [2.75, 3.05) is 5.32 Å². The molecular weight excluding hydrogens is 542 g/mol. The average Bonchev–Trinajstić information content (AvgIpc) is 3.23. The summed E-state index contributed by atoms with van der Waals surface area (Å²) in [5.74, 6) is -1.49. The second kappa shape index (κ2) is 8.46. The lowest BCUT2D eigenvalue weighted by Crippen LogP contribution is -2.51. The van der Waals surface area contributed by atoms with Crippen LogP contribution in [-0.2, 0) is 4.79 Å². The molecule has 0 aliphatic heterocycles. The van der Waals surface area contributed by atoms with Crippen molar-refractivity contribution in [1.82, 2.24) is 5.32 Å². The van der Waals surface area contributed by atoms with E-state index in [1.165, 1.54) is 13.0 Å². The molecule has 4 rings (SSSR count). The van der Waals surface area contributed by atoms with Crippen molar-refractivity contribution in [3.05, 3.63) is 63.1 Å². The standard InChI is InChI=1S/C23H21BrCl3FN2O2/c1-11-5-12(7-13(25)6-11)18-19(23(18,24)27)21(32)29-14-3-4-17(26)16(8-14)20(31)30-15-9-22(2,28)10-15/h3-8,15,18-19H,9-10H2,1-2H3,(H,29,32)(H,30,31). The van der Waals surface area contributed by atoms with Crippen molar-refractivity contribution in [3.8, 4) is 0 Å². The highest BCUT2D eigenvalue weighted by Crippen LogP contribution is 2.66. The third-order valence-corrected chi connectivity index (χ3v) is 7.92. The van der Waals surface area contributed by atoms with Gasteiger partial charge in [0.25, 0.3) is 5.91 Å². The summed E-state index contributed by atoms with van der Waals surface area (Å²) in [5, 5.41) is 6.43. The number of alkyl halides is 3. The van der Waals surface area contributed by atoms with E-state index in [-0.39, 0.29) is 41.3 Å². The zero-order valence-corrected chi connectivity index (χ0v) is 21.2. The Morgan fingerprint density at radius 3 is 2.47 bits per heavy atom. The van der Waals surface area contributed by atoms with Gasteiger partial charge in [-0.3, -0.25) is 9.59 Å². The van der Waals surface area contributed by atoms with E-state index in [1.807, 2.05) is 19.1 Å². The number of halogens is 5. The van der Waals surface area contributed by atoms with Gasteiger partial charge < -0.3 is 10.6 Å². The van der Waals surface area contributed by atoms with Gasteiger partial charge in [0.1, 0.15) is 9.45 Å². The normalized spacial score (nSPS) is 30.9. The molecule has 9 heteroatoms. The van der Waals surface area contributed by atoms with Gasteiger partial charge in [-0.2, -0.15) is 0 Å². The van der Waals surface area contributed by atoms with E-state index in [1.54, 1.807) is 18.2 Å². The predicted molar refractivity (Wildman–Crippen MR) is 130 cm³/mol. The highest BCUT2D eigenvalue weighted by atomic mass is 79.9. The predicted octanol–water partition coefficient (Wildman–Crippen LogP) is 6.60. The maximum Gasteiger partial charge on any atom is 0.253 e. The largest absolute Gasteiger partial charge is 0.349 e. The number of anilines is 1. The minimum absolute atomic E-state index is 0.214. The van der Waals surface area contributed by atoms with Crippen molar-refractivity contribution in [2.45, 2.75) is 48.1 Å². The first-order chi connectivity index (χ1) is 14.9. The summed E-state index contributed by atoms with van der Waals surface area (Å²) in [6, 6.07) is 10.0.